The molecule has 2 fully saturated rings. The lowest BCUT2D eigenvalue weighted by atomic mass is 9.94. The van der Waals surface area contributed by atoms with Gasteiger partial charge in [0.1, 0.15) is 5.82 Å². The van der Waals surface area contributed by atoms with Crippen LogP contribution in [0.25, 0.3) is 11.6 Å². The number of nitrogens with one attached hydrogen (secondary N) is 3. The Morgan fingerprint density at radius 1 is 1.19 bits per heavy atom. The number of aromatic amines is 1. The van der Waals surface area contributed by atoms with Gasteiger partial charge in [0.25, 0.3) is 5.91 Å². The fourth-order valence-corrected chi connectivity index (χ4v) is 4.47. The van der Waals surface area contributed by atoms with Crippen LogP contribution in [0.4, 0.5) is 10.1 Å². The second kappa shape index (κ2) is 9.44. The molecular weight excluding hydrogens is 435 g/mol. The minimum absolute atomic E-state index is 0. The van der Waals surface area contributed by atoms with Crippen molar-refractivity contribution in [2.24, 2.45) is 5.92 Å². The zero-order chi connectivity index (χ0) is 21.4. The number of nitrogens with zero attached hydrogens (tertiary/aromatic N) is 1. The lowest BCUT2D eigenvalue weighted by Gasteiger charge is -2.25. The Morgan fingerprint density at radius 2 is 2.00 bits per heavy atom. The number of hydrogen-bond acceptors (Lipinski definition) is 4. The number of carbonyl (C=O) groups is 2. The zero-order valence-electron chi connectivity index (χ0n) is 17.6. The van der Waals surface area contributed by atoms with E-state index in [1.165, 1.54) is 6.07 Å². The van der Waals surface area contributed by atoms with Crippen molar-refractivity contribution in [3.05, 3.63) is 52.6 Å². The summed E-state index contributed by atoms with van der Waals surface area (Å²) in [5, 5.41) is 5.54. The Kier molecular flexibility index (Phi) is 6.64. The van der Waals surface area contributed by atoms with Crippen LogP contribution in [-0.4, -0.2) is 54.5 Å². The average Bonchev–Trinajstić information content (AvgIpc) is 3.44. The zero-order valence-corrected chi connectivity index (χ0v) is 18.4. The number of halogens is 2. The Balaban J connectivity index is 0.00000245. The molecule has 0 spiro atoms. The van der Waals surface area contributed by atoms with Crippen LogP contribution < -0.4 is 10.6 Å². The third-order valence-corrected chi connectivity index (χ3v) is 6.17. The predicted molar refractivity (Wildman–Crippen MR) is 122 cm³/mol. The quantitative estimate of drug-likeness (QED) is 0.599. The van der Waals surface area contributed by atoms with Gasteiger partial charge in [-0.05, 0) is 48.2 Å². The molecule has 0 bridgehead atoms. The van der Waals surface area contributed by atoms with Crippen molar-refractivity contribution in [2.45, 2.75) is 19.4 Å². The maximum Gasteiger partial charge on any atom is 0.256 e. The fourth-order valence-electron chi connectivity index (χ4n) is 4.47. The first kappa shape index (κ1) is 22.5. The van der Waals surface area contributed by atoms with Crippen LogP contribution in [-0.2, 0) is 27.3 Å². The largest absolute Gasteiger partial charge is 0.379 e. The van der Waals surface area contributed by atoms with Crippen molar-refractivity contribution in [3.8, 4) is 0 Å². The maximum absolute atomic E-state index is 14.6. The van der Waals surface area contributed by atoms with Gasteiger partial charge in [0.2, 0.25) is 5.91 Å². The SMILES string of the molecule is Cl.O=C1Nc2cc(F)c(CC3CCNC3=O)cc2/C1=C/c1cc(CN2CCOCC2)c[nH]1. The van der Waals surface area contributed by atoms with Crippen LogP contribution in [0.15, 0.2) is 24.4 Å². The number of fused-ring (bicyclic) bond motifs is 1. The van der Waals surface area contributed by atoms with E-state index in [1.54, 1.807) is 12.1 Å². The number of carbonyl (C=O) groups excluding carboxylic acids is 2. The van der Waals surface area contributed by atoms with E-state index in [1.807, 2.05) is 12.3 Å². The minimum Gasteiger partial charge on any atom is -0.379 e. The molecule has 3 aliphatic heterocycles. The molecule has 3 N–H and O–H groups in total. The summed E-state index contributed by atoms with van der Waals surface area (Å²) >= 11 is 0. The number of rotatable bonds is 5. The standard InChI is InChI=1S/C23H25FN4O3.ClH/c24-20-11-21-18(9-16(20)8-15-1-2-25-22(15)29)19(23(30)27-21)10-17-7-14(12-26-17)13-28-3-5-31-6-4-28;/h7,9-12,15,26H,1-6,8,13H2,(H,25,29)(H,27,30);1H/b19-10-;. The number of anilines is 1. The molecule has 3 aliphatic rings. The van der Waals surface area contributed by atoms with E-state index in [4.69, 9.17) is 4.74 Å². The van der Waals surface area contributed by atoms with E-state index in [0.29, 0.717) is 41.8 Å². The molecule has 1 aromatic heterocycles. The number of hydrogen-bond donors (Lipinski definition) is 3. The van der Waals surface area contributed by atoms with Gasteiger partial charge < -0.3 is 20.4 Å². The van der Waals surface area contributed by atoms with Crippen molar-refractivity contribution in [2.75, 3.05) is 38.2 Å². The van der Waals surface area contributed by atoms with Crippen LogP contribution in [0, 0.1) is 11.7 Å². The second-order valence-corrected chi connectivity index (χ2v) is 8.33. The molecule has 2 aromatic rings. The van der Waals surface area contributed by atoms with Gasteiger partial charge in [0.15, 0.2) is 0 Å². The molecule has 2 saturated heterocycles. The summed E-state index contributed by atoms with van der Waals surface area (Å²) in [7, 11) is 0. The van der Waals surface area contributed by atoms with E-state index < -0.39 is 5.82 Å². The lowest BCUT2D eigenvalue weighted by Crippen LogP contribution is -2.35. The smallest absolute Gasteiger partial charge is 0.256 e. The Labute approximate surface area is 191 Å². The Hall–Kier alpha value is -2.68. The molecule has 7 nitrogen and oxygen atoms in total. The molecule has 4 heterocycles. The van der Waals surface area contributed by atoms with Crippen LogP contribution in [0.2, 0.25) is 0 Å². The summed E-state index contributed by atoms with van der Waals surface area (Å²) in [5.41, 5.74) is 4.05. The number of benzene rings is 1. The second-order valence-electron chi connectivity index (χ2n) is 8.33. The van der Waals surface area contributed by atoms with Gasteiger partial charge in [0.05, 0.1) is 24.5 Å². The minimum atomic E-state index is -0.396. The van der Waals surface area contributed by atoms with Crippen LogP contribution >= 0.6 is 12.4 Å². The van der Waals surface area contributed by atoms with Crippen molar-refractivity contribution < 1.29 is 18.7 Å². The topological polar surface area (TPSA) is 86.5 Å². The summed E-state index contributed by atoms with van der Waals surface area (Å²) in [6.45, 7) is 4.76. The predicted octanol–water partition coefficient (Wildman–Crippen LogP) is 2.58. The molecule has 9 heteroatoms. The number of aromatic nitrogens is 1. The molecular formula is C23H26ClFN4O3. The average molecular weight is 461 g/mol. The summed E-state index contributed by atoms with van der Waals surface area (Å²) in [4.78, 5) is 30.0. The van der Waals surface area contributed by atoms with Crippen molar-refractivity contribution in [1.82, 2.24) is 15.2 Å². The summed E-state index contributed by atoms with van der Waals surface area (Å²) in [6, 6.07) is 5.09. The normalized spacial score (nSPS) is 21.9. The van der Waals surface area contributed by atoms with Gasteiger partial charge in [-0.2, -0.15) is 0 Å². The monoisotopic (exact) mass is 460 g/mol. The highest BCUT2D eigenvalue weighted by atomic mass is 35.5. The first-order valence-electron chi connectivity index (χ1n) is 10.7. The molecule has 170 valence electrons. The molecule has 2 amide bonds. The highest BCUT2D eigenvalue weighted by Crippen LogP contribution is 2.36. The molecule has 0 radical (unpaired) electrons. The Bertz CT molecular complexity index is 1060. The molecule has 1 atom stereocenters. The van der Waals surface area contributed by atoms with Crippen LogP contribution in [0.3, 0.4) is 0 Å². The summed E-state index contributed by atoms with van der Waals surface area (Å²) in [5.74, 6) is -0.914. The molecule has 1 aromatic carbocycles. The highest BCUT2D eigenvalue weighted by Gasteiger charge is 2.29. The number of morpholine rings is 1. The molecule has 0 aliphatic carbocycles. The molecule has 5 rings (SSSR count). The van der Waals surface area contributed by atoms with Crippen LogP contribution in [0.1, 0.15) is 28.8 Å². The van der Waals surface area contributed by atoms with E-state index in [9.17, 15) is 14.0 Å². The Morgan fingerprint density at radius 3 is 2.75 bits per heavy atom. The third kappa shape index (κ3) is 4.57. The fraction of sp³-hybridized carbons (Fsp3) is 0.391. The lowest BCUT2D eigenvalue weighted by molar-refractivity contribution is -0.122. The van der Waals surface area contributed by atoms with Gasteiger partial charge >= 0.3 is 0 Å². The summed E-state index contributed by atoms with van der Waals surface area (Å²) in [6.07, 6.45) is 4.78. The van der Waals surface area contributed by atoms with Crippen LogP contribution in [0.5, 0.6) is 0 Å². The van der Waals surface area contributed by atoms with Gasteiger partial charge in [-0.15, -0.1) is 12.4 Å². The van der Waals surface area contributed by atoms with E-state index in [2.05, 4.69) is 20.5 Å². The number of ether oxygens (including phenoxy) is 1. The van der Waals surface area contributed by atoms with Crippen molar-refractivity contribution in [3.63, 3.8) is 0 Å². The van der Waals surface area contributed by atoms with Crippen molar-refractivity contribution >= 4 is 41.6 Å². The van der Waals surface area contributed by atoms with Gasteiger partial charge in [-0.3, -0.25) is 14.5 Å². The number of amides is 2. The first-order valence-corrected chi connectivity index (χ1v) is 10.7. The van der Waals surface area contributed by atoms with E-state index in [0.717, 1.165) is 44.1 Å². The molecule has 0 saturated carbocycles. The van der Waals surface area contributed by atoms with E-state index in [-0.39, 0.29) is 30.1 Å². The third-order valence-electron chi connectivity index (χ3n) is 6.17. The van der Waals surface area contributed by atoms with Crippen molar-refractivity contribution in [1.29, 1.82) is 0 Å². The maximum atomic E-state index is 14.6. The highest BCUT2D eigenvalue weighted by molar-refractivity contribution is 6.34. The molecule has 32 heavy (non-hydrogen) atoms. The number of H-pyrrole nitrogens is 1. The van der Waals surface area contributed by atoms with Gasteiger partial charge in [-0.25, -0.2) is 4.39 Å². The molecule has 1 unspecified atom stereocenters. The van der Waals surface area contributed by atoms with Gasteiger partial charge in [-0.1, -0.05) is 0 Å². The van der Waals surface area contributed by atoms with E-state index >= 15 is 0 Å². The first-order chi connectivity index (χ1) is 15.1. The summed E-state index contributed by atoms with van der Waals surface area (Å²) < 4.78 is 20.0. The van der Waals surface area contributed by atoms with Gasteiger partial charge in [0, 0.05) is 49.6 Å².